The predicted molar refractivity (Wildman–Crippen MR) is 95.3 cm³/mol. The second kappa shape index (κ2) is 6.79. The van der Waals surface area contributed by atoms with Crippen LogP contribution in [0.3, 0.4) is 0 Å². The van der Waals surface area contributed by atoms with Crippen molar-refractivity contribution in [2.45, 2.75) is 12.7 Å². The molecule has 0 atom stereocenters. The van der Waals surface area contributed by atoms with E-state index in [-0.39, 0.29) is 11.6 Å². The fourth-order valence-corrected chi connectivity index (χ4v) is 3.07. The van der Waals surface area contributed by atoms with Crippen LogP contribution >= 0.6 is 11.8 Å². The van der Waals surface area contributed by atoms with E-state index in [0.717, 1.165) is 17.1 Å². The Balaban J connectivity index is 2.02. The summed E-state index contributed by atoms with van der Waals surface area (Å²) in [4.78, 5) is 4.05. The van der Waals surface area contributed by atoms with E-state index in [4.69, 9.17) is 10.2 Å². The highest BCUT2D eigenvalue weighted by molar-refractivity contribution is 7.98. The number of pyridine rings is 1. The molecular formula is C18H18N2O2S. The lowest BCUT2D eigenvalue weighted by atomic mass is 10.0. The van der Waals surface area contributed by atoms with E-state index in [1.54, 1.807) is 18.5 Å². The van der Waals surface area contributed by atoms with Gasteiger partial charge in [0.1, 0.15) is 0 Å². The molecule has 0 spiro atoms. The molecule has 0 aliphatic carbocycles. The van der Waals surface area contributed by atoms with Crippen molar-refractivity contribution < 1.29 is 9.52 Å². The number of furan rings is 1. The normalized spacial score (nSPS) is 10.8. The van der Waals surface area contributed by atoms with E-state index in [1.165, 1.54) is 5.56 Å². The molecule has 0 radical (unpaired) electrons. The van der Waals surface area contributed by atoms with Gasteiger partial charge in [-0.3, -0.25) is 4.98 Å². The Bertz CT molecular complexity index is 800. The highest BCUT2D eigenvalue weighted by atomic mass is 32.2. The summed E-state index contributed by atoms with van der Waals surface area (Å²) in [6, 6.07) is 11.6. The lowest BCUT2D eigenvalue weighted by molar-refractivity contribution is 0.467. The first-order chi connectivity index (χ1) is 11.2. The van der Waals surface area contributed by atoms with Gasteiger partial charge in [-0.1, -0.05) is 25.1 Å². The summed E-state index contributed by atoms with van der Waals surface area (Å²) >= 11 is 1.85. The minimum atomic E-state index is 0.0517. The lowest BCUT2D eigenvalue weighted by Gasteiger charge is -2.04. The van der Waals surface area contributed by atoms with E-state index in [0.29, 0.717) is 16.9 Å². The van der Waals surface area contributed by atoms with Gasteiger partial charge in [0.25, 0.3) is 0 Å². The molecule has 23 heavy (non-hydrogen) atoms. The number of nitrogen functional groups attached to an aromatic ring is 1. The fourth-order valence-electron chi connectivity index (χ4n) is 2.45. The smallest absolute Gasteiger partial charge is 0.202 e. The molecule has 2 aromatic heterocycles. The van der Waals surface area contributed by atoms with Crippen molar-refractivity contribution in [1.29, 1.82) is 0 Å². The van der Waals surface area contributed by atoms with Crippen molar-refractivity contribution in [3.8, 4) is 28.2 Å². The van der Waals surface area contributed by atoms with Crippen LogP contribution in [-0.4, -0.2) is 15.8 Å². The summed E-state index contributed by atoms with van der Waals surface area (Å²) in [7, 11) is 0. The molecule has 0 amide bonds. The number of nitrogens with zero attached hydrogens (tertiary/aromatic N) is 1. The standard InChI is InChI=1S/C18H18N2O2S/c1-2-23-11-12-5-3-6-13(9-12)15-16(21)17(22-18(15)19)14-7-4-8-20-10-14/h3-10,21H,2,11,19H2,1H3. The Kier molecular flexibility index (Phi) is 4.57. The Morgan fingerprint density at radius 2 is 2.04 bits per heavy atom. The molecule has 1 aromatic carbocycles. The zero-order valence-corrected chi connectivity index (χ0v) is 13.6. The number of hydrogen-bond acceptors (Lipinski definition) is 5. The van der Waals surface area contributed by atoms with Crippen LogP contribution < -0.4 is 5.73 Å². The Hall–Kier alpha value is -2.40. The number of anilines is 1. The third-order valence-electron chi connectivity index (χ3n) is 3.52. The monoisotopic (exact) mass is 326 g/mol. The molecule has 0 bridgehead atoms. The van der Waals surface area contributed by atoms with Crippen LogP contribution in [0.15, 0.2) is 53.2 Å². The Morgan fingerprint density at radius 3 is 2.78 bits per heavy atom. The van der Waals surface area contributed by atoms with Crippen molar-refractivity contribution in [3.63, 3.8) is 0 Å². The lowest BCUT2D eigenvalue weighted by Crippen LogP contribution is -1.87. The first-order valence-corrected chi connectivity index (χ1v) is 8.55. The van der Waals surface area contributed by atoms with Crippen molar-refractivity contribution in [3.05, 3.63) is 54.4 Å². The van der Waals surface area contributed by atoms with Crippen LogP contribution in [0.5, 0.6) is 5.75 Å². The van der Waals surface area contributed by atoms with Crippen molar-refractivity contribution >= 4 is 17.6 Å². The number of aromatic hydroxyl groups is 1. The molecule has 3 aromatic rings. The van der Waals surface area contributed by atoms with Crippen molar-refractivity contribution in [1.82, 2.24) is 4.98 Å². The van der Waals surface area contributed by atoms with Crippen LogP contribution in [0.1, 0.15) is 12.5 Å². The SMILES string of the molecule is CCSCc1cccc(-c2c(N)oc(-c3cccnc3)c2O)c1. The number of aromatic nitrogens is 1. The van der Waals surface area contributed by atoms with Crippen LogP contribution in [0, 0.1) is 0 Å². The van der Waals surface area contributed by atoms with Crippen LogP contribution in [-0.2, 0) is 5.75 Å². The van der Waals surface area contributed by atoms with Crippen molar-refractivity contribution in [2.75, 3.05) is 11.5 Å². The van der Waals surface area contributed by atoms with E-state index in [1.807, 2.05) is 36.0 Å². The van der Waals surface area contributed by atoms with Crippen LogP contribution in [0.2, 0.25) is 0 Å². The molecule has 0 aliphatic heterocycles. The van der Waals surface area contributed by atoms with Gasteiger partial charge in [-0.15, -0.1) is 0 Å². The molecule has 2 heterocycles. The second-order valence-corrected chi connectivity index (χ2v) is 6.37. The molecule has 0 fully saturated rings. The summed E-state index contributed by atoms with van der Waals surface area (Å²) < 4.78 is 5.59. The first-order valence-electron chi connectivity index (χ1n) is 7.39. The quantitative estimate of drug-likeness (QED) is 0.719. The Labute approximate surface area is 139 Å². The number of nitrogens with two attached hydrogens (primary N) is 1. The van der Waals surface area contributed by atoms with Gasteiger partial charge >= 0.3 is 0 Å². The van der Waals surface area contributed by atoms with Gasteiger partial charge in [-0.2, -0.15) is 11.8 Å². The predicted octanol–water partition coefficient (Wildman–Crippen LogP) is 4.55. The average molecular weight is 326 g/mol. The Morgan fingerprint density at radius 1 is 1.22 bits per heavy atom. The van der Waals surface area contributed by atoms with E-state index in [2.05, 4.69) is 18.0 Å². The molecule has 3 rings (SSSR count). The fraction of sp³-hybridized carbons (Fsp3) is 0.167. The van der Waals surface area contributed by atoms with Gasteiger partial charge in [0.2, 0.25) is 5.88 Å². The van der Waals surface area contributed by atoms with E-state index in [9.17, 15) is 5.11 Å². The van der Waals surface area contributed by atoms with Gasteiger partial charge in [0.15, 0.2) is 11.5 Å². The molecular weight excluding hydrogens is 308 g/mol. The summed E-state index contributed by atoms with van der Waals surface area (Å²) in [6.45, 7) is 2.13. The molecule has 4 nitrogen and oxygen atoms in total. The zero-order chi connectivity index (χ0) is 16.2. The highest BCUT2D eigenvalue weighted by Crippen LogP contribution is 2.44. The van der Waals surface area contributed by atoms with Crippen LogP contribution in [0.4, 0.5) is 5.88 Å². The average Bonchev–Trinajstić information content (AvgIpc) is 2.88. The maximum absolute atomic E-state index is 10.6. The number of hydrogen-bond donors (Lipinski definition) is 2. The first kappa shape index (κ1) is 15.5. The summed E-state index contributed by atoms with van der Waals surface area (Å²) in [5.74, 6) is 2.60. The number of thioether (sulfide) groups is 1. The summed E-state index contributed by atoms with van der Waals surface area (Å²) in [5.41, 5.74) is 9.29. The van der Waals surface area contributed by atoms with Gasteiger partial charge in [0, 0.05) is 23.7 Å². The van der Waals surface area contributed by atoms with E-state index < -0.39 is 0 Å². The summed E-state index contributed by atoms with van der Waals surface area (Å²) in [5, 5.41) is 10.6. The number of rotatable bonds is 5. The van der Waals surface area contributed by atoms with Crippen molar-refractivity contribution in [2.24, 2.45) is 0 Å². The second-order valence-electron chi connectivity index (χ2n) is 5.10. The molecule has 0 saturated heterocycles. The third-order valence-corrected chi connectivity index (χ3v) is 4.47. The van der Waals surface area contributed by atoms with Gasteiger partial charge in [0.05, 0.1) is 5.56 Å². The summed E-state index contributed by atoms with van der Waals surface area (Å²) in [6.07, 6.45) is 3.30. The maximum Gasteiger partial charge on any atom is 0.202 e. The number of benzene rings is 1. The molecule has 3 N–H and O–H groups in total. The molecule has 118 valence electrons. The third kappa shape index (κ3) is 3.19. The van der Waals surface area contributed by atoms with E-state index >= 15 is 0 Å². The maximum atomic E-state index is 10.6. The zero-order valence-electron chi connectivity index (χ0n) is 12.8. The largest absolute Gasteiger partial charge is 0.504 e. The molecule has 0 unspecified atom stereocenters. The topological polar surface area (TPSA) is 72.3 Å². The highest BCUT2D eigenvalue weighted by Gasteiger charge is 2.21. The minimum Gasteiger partial charge on any atom is -0.504 e. The molecule has 5 heteroatoms. The van der Waals surface area contributed by atoms with Gasteiger partial charge in [-0.25, -0.2) is 0 Å². The van der Waals surface area contributed by atoms with Gasteiger partial charge in [-0.05, 0) is 35.1 Å². The molecule has 0 saturated carbocycles. The van der Waals surface area contributed by atoms with Gasteiger partial charge < -0.3 is 15.3 Å². The van der Waals surface area contributed by atoms with Crippen LogP contribution in [0.25, 0.3) is 22.5 Å². The minimum absolute atomic E-state index is 0.0517. The molecule has 0 aliphatic rings.